The smallest absolute Gasteiger partial charge is 0.165 e. The van der Waals surface area contributed by atoms with Gasteiger partial charge in [-0.1, -0.05) is 60.2 Å². The van der Waals surface area contributed by atoms with Gasteiger partial charge >= 0.3 is 0 Å². The lowest BCUT2D eigenvalue weighted by Crippen LogP contribution is -2.16. The Labute approximate surface area is 130 Å². The van der Waals surface area contributed by atoms with E-state index in [9.17, 15) is 4.79 Å². The second-order valence-electron chi connectivity index (χ2n) is 5.41. The molecule has 1 atom stereocenters. The Morgan fingerprint density at radius 2 is 1.77 bits per heavy atom. The van der Waals surface area contributed by atoms with Gasteiger partial charge in [-0.15, -0.1) is 0 Å². The van der Waals surface area contributed by atoms with E-state index in [4.69, 9.17) is 0 Å². The van der Waals surface area contributed by atoms with Crippen LogP contribution in [0.1, 0.15) is 33.9 Å². The molecule has 0 aliphatic heterocycles. The zero-order valence-corrected chi connectivity index (χ0v) is 12.5. The predicted octanol–water partition coefficient (Wildman–Crippen LogP) is 4.05. The second-order valence-corrected chi connectivity index (χ2v) is 5.41. The SMILES string of the molecule is Cc1ccc([C@@H](CC(=O)c2ccccc2)n2cccn2)cc1. The number of Topliss-reactive ketones (excluding diaryl/α,β-unsaturated/α-hetero) is 1. The van der Waals surface area contributed by atoms with Crippen LogP contribution in [0.2, 0.25) is 0 Å². The van der Waals surface area contributed by atoms with E-state index in [1.807, 2.05) is 47.3 Å². The van der Waals surface area contributed by atoms with Gasteiger partial charge in [0.05, 0.1) is 6.04 Å². The van der Waals surface area contributed by atoms with Crippen LogP contribution in [0, 0.1) is 6.92 Å². The third-order valence-electron chi connectivity index (χ3n) is 3.78. The molecule has 3 nitrogen and oxygen atoms in total. The van der Waals surface area contributed by atoms with Crippen molar-refractivity contribution in [3.05, 3.63) is 89.7 Å². The fraction of sp³-hybridized carbons (Fsp3) is 0.158. The van der Waals surface area contributed by atoms with Crippen molar-refractivity contribution in [1.29, 1.82) is 0 Å². The van der Waals surface area contributed by atoms with Crippen molar-refractivity contribution in [1.82, 2.24) is 9.78 Å². The molecular weight excluding hydrogens is 272 g/mol. The van der Waals surface area contributed by atoms with Gasteiger partial charge < -0.3 is 0 Å². The van der Waals surface area contributed by atoms with E-state index in [1.165, 1.54) is 5.56 Å². The van der Waals surface area contributed by atoms with Crippen molar-refractivity contribution >= 4 is 5.78 Å². The highest BCUT2D eigenvalue weighted by molar-refractivity contribution is 5.96. The maximum Gasteiger partial charge on any atom is 0.165 e. The summed E-state index contributed by atoms with van der Waals surface area (Å²) < 4.78 is 1.85. The molecule has 0 aliphatic rings. The molecule has 1 aromatic heterocycles. The summed E-state index contributed by atoms with van der Waals surface area (Å²) in [7, 11) is 0. The Morgan fingerprint density at radius 3 is 2.41 bits per heavy atom. The molecule has 1 heterocycles. The molecule has 0 amide bonds. The summed E-state index contributed by atoms with van der Waals surface area (Å²) in [6.45, 7) is 2.06. The Balaban J connectivity index is 1.90. The largest absolute Gasteiger partial charge is 0.294 e. The zero-order valence-electron chi connectivity index (χ0n) is 12.5. The van der Waals surface area contributed by atoms with Gasteiger partial charge in [0.15, 0.2) is 5.78 Å². The standard InChI is InChI=1S/C19H18N2O/c1-15-8-10-16(11-9-15)18(21-13-5-12-20-21)14-19(22)17-6-3-2-4-7-17/h2-13,18H,14H2,1H3/t18-/m1/s1. The quantitative estimate of drug-likeness (QED) is 0.664. The van der Waals surface area contributed by atoms with Crippen molar-refractivity contribution < 1.29 is 4.79 Å². The first kappa shape index (κ1) is 14.3. The van der Waals surface area contributed by atoms with Crippen LogP contribution >= 0.6 is 0 Å². The van der Waals surface area contributed by atoms with Crippen LogP contribution in [-0.4, -0.2) is 15.6 Å². The third-order valence-corrected chi connectivity index (χ3v) is 3.78. The molecule has 0 saturated carbocycles. The molecule has 3 heteroatoms. The highest BCUT2D eigenvalue weighted by Crippen LogP contribution is 2.23. The fourth-order valence-corrected chi connectivity index (χ4v) is 2.54. The number of ketones is 1. The molecule has 0 bridgehead atoms. The van der Waals surface area contributed by atoms with E-state index < -0.39 is 0 Å². The molecule has 0 radical (unpaired) electrons. The summed E-state index contributed by atoms with van der Waals surface area (Å²) >= 11 is 0. The number of rotatable bonds is 5. The van der Waals surface area contributed by atoms with E-state index in [0.29, 0.717) is 6.42 Å². The van der Waals surface area contributed by atoms with Crippen molar-refractivity contribution in [2.75, 3.05) is 0 Å². The number of hydrogen-bond donors (Lipinski definition) is 0. The topological polar surface area (TPSA) is 34.9 Å². The first-order valence-electron chi connectivity index (χ1n) is 7.38. The van der Waals surface area contributed by atoms with Crippen LogP contribution in [0.15, 0.2) is 73.1 Å². The van der Waals surface area contributed by atoms with Crippen molar-refractivity contribution in [3.63, 3.8) is 0 Å². The fourth-order valence-electron chi connectivity index (χ4n) is 2.54. The highest BCUT2D eigenvalue weighted by atomic mass is 16.1. The van der Waals surface area contributed by atoms with Gasteiger partial charge in [-0.25, -0.2) is 0 Å². The maximum absolute atomic E-state index is 12.5. The molecule has 0 aliphatic carbocycles. The summed E-state index contributed by atoms with van der Waals surface area (Å²) in [5, 5.41) is 4.33. The number of hydrogen-bond acceptors (Lipinski definition) is 2. The summed E-state index contributed by atoms with van der Waals surface area (Å²) in [6.07, 6.45) is 4.05. The zero-order chi connectivity index (χ0) is 15.4. The molecule has 3 rings (SSSR count). The summed E-state index contributed by atoms with van der Waals surface area (Å²) in [5.74, 6) is 0.127. The molecular formula is C19H18N2O. The maximum atomic E-state index is 12.5. The first-order chi connectivity index (χ1) is 10.7. The van der Waals surface area contributed by atoms with E-state index in [0.717, 1.165) is 11.1 Å². The number of nitrogens with zero attached hydrogens (tertiary/aromatic N) is 2. The molecule has 0 saturated heterocycles. The predicted molar refractivity (Wildman–Crippen MR) is 86.9 cm³/mol. The van der Waals surface area contributed by atoms with Crippen molar-refractivity contribution in [2.24, 2.45) is 0 Å². The number of carbonyl (C=O) groups excluding carboxylic acids is 1. The minimum Gasteiger partial charge on any atom is -0.294 e. The van der Waals surface area contributed by atoms with Gasteiger partial charge in [0.1, 0.15) is 0 Å². The van der Waals surface area contributed by atoms with Gasteiger partial charge in [-0.3, -0.25) is 9.48 Å². The monoisotopic (exact) mass is 290 g/mol. The molecule has 2 aromatic carbocycles. The number of carbonyl (C=O) groups is 1. The van der Waals surface area contributed by atoms with Crippen LogP contribution in [0.5, 0.6) is 0 Å². The summed E-state index contributed by atoms with van der Waals surface area (Å²) in [4.78, 5) is 12.5. The minimum absolute atomic E-state index is 0.0803. The van der Waals surface area contributed by atoms with Gasteiger partial charge in [0.25, 0.3) is 0 Å². The van der Waals surface area contributed by atoms with Gasteiger partial charge in [0.2, 0.25) is 0 Å². The molecule has 110 valence electrons. The van der Waals surface area contributed by atoms with Crippen LogP contribution in [-0.2, 0) is 0 Å². The minimum atomic E-state index is -0.0803. The van der Waals surface area contributed by atoms with Crippen molar-refractivity contribution in [2.45, 2.75) is 19.4 Å². The van der Waals surface area contributed by atoms with Crippen molar-refractivity contribution in [3.8, 4) is 0 Å². The van der Waals surface area contributed by atoms with E-state index in [1.54, 1.807) is 6.20 Å². The average molecular weight is 290 g/mol. The van der Waals surface area contributed by atoms with Gasteiger partial charge in [-0.2, -0.15) is 5.10 Å². The molecule has 22 heavy (non-hydrogen) atoms. The van der Waals surface area contributed by atoms with Crippen LogP contribution in [0.4, 0.5) is 0 Å². The third kappa shape index (κ3) is 3.14. The van der Waals surface area contributed by atoms with Gasteiger partial charge in [0, 0.05) is 24.4 Å². The van der Waals surface area contributed by atoms with E-state index in [-0.39, 0.29) is 11.8 Å². The van der Waals surface area contributed by atoms with Crippen LogP contribution < -0.4 is 0 Å². The summed E-state index contributed by atoms with van der Waals surface area (Å²) in [5.41, 5.74) is 3.04. The molecule has 0 N–H and O–H groups in total. The number of aryl methyl sites for hydroxylation is 1. The Morgan fingerprint density at radius 1 is 1.05 bits per heavy atom. The normalized spacial score (nSPS) is 12.0. The lowest BCUT2D eigenvalue weighted by molar-refractivity contribution is 0.0967. The first-order valence-corrected chi connectivity index (χ1v) is 7.38. The second kappa shape index (κ2) is 6.39. The van der Waals surface area contributed by atoms with E-state index in [2.05, 4.69) is 36.3 Å². The molecule has 0 spiro atoms. The average Bonchev–Trinajstić information content (AvgIpc) is 3.08. The summed E-state index contributed by atoms with van der Waals surface area (Å²) in [6, 6.07) is 19.5. The highest BCUT2D eigenvalue weighted by Gasteiger charge is 2.19. The Kier molecular flexibility index (Phi) is 4.15. The van der Waals surface area contributed by atoms with Crippen LogP contribution in [0.3, 0.4) is 0 Å². The molecule has 3 aromatic rings. The van der Waals surface area contributed by atoms with Gasteiger partial charge in [-0.05, 0) is 18.6 Å². The van der Waals surface area contributed by atoms with E-state index >= 15 is 0 Å². The Hall–Kier alpha value is -2.68. The van der Waals surface area contributed by atoms with Crippen LogP contribution in [0.25, 0.3) is 0 Å². The molecule has 0 fully saturated rings. The number of aromatic nitrogens is 2. The number of benzene rings is 2. The lowest BCUT2D eigenvalue weighted by atomic mass is 9.97. The molecule has 0 unspecified atom stereocenters. The lowest BCUT2D eigenvalue weighted by Gasteiger charge is -2.18. The Bertz CT molecular complexity index is 731.